The van der Waals surface area contributed by atoms with E-state index >= 15 is 0 Å². The van der Waals surface area contributed by atoms with E-state index in [9.17, 15) is 8.42 Å². The minimum atomic E-state index is -3.30. The lowest BCUT2D eigenvalue weighted by atomic mass is 10.1. The van der Waals surface area contributed by atoms with Crippen LogP contribution in [0.2, 0.25) is 0 Å². The molecule has 1 aliphatic rings. The summed E-state index contributed by atoms with van der Waals surface area (Å²) in [7, 11) is -1.72. The number of aliphatic hydroxyl groups is 1. The zero-order valence-electron chi connectivity index (χ0n) is 10.1. The van der Waals surface area contributed by atoms with Crippen LogP contribution in [0.3, 0.4) is 0 Å². The fourth-order valence-electron chi connectivity index (χ4n) is 1.95. The molecule has 0 aromatic carbocycles. The molecule has 6 heteroatoms. The Kier molecular flexibility index (Phi) is 5.17. The van der Waals surface area contributed by atoms with Gasteiger partial charge in [0.25, 0.3) is 10.2 Å². The molecule has 1 rings (SSSR count). The van der Waals surface area contributed by atoms with Crippen molar-refractivity contribution in [2.24, 2.45) is 5.92 Å². The maximum Gasteiger partial charge on any atom is 0.281 e. The van der Waals surface area contributed by atoms with Gasteiger partial charge >= 0.3 is 0 Å². The molecule has 5 nitrogen and oxygen atoms in total. The molecule has 1 saturated heterocycles. The standard InChI is InChI=1S/C10H22N2O3S/c1-3-10-5-7-12(9-10)16(14,15)11(2)6-4-8-13/h10,13H,3-9H2,1-2H3. The lowest BCUT2D eigenvalue weighted by Crippen LogP contribution is -2.41. The van der Waals surface area contributed by atoms with Gasteiger partial charge in [0.1, 0.15) is 0 Å². The Labute approximate surface area is 98.2 Å². The molecule has 0 saturated carbocycles. The Morgan fingerprint density at radius 1 is 1.50 bits per heavy atom. The Bertz CT molecular complexity index is 305. The average Bonchev–Trinajstić information content (AvgIpc) is 2.74. The second kappa shape index (κ2) is 5.95. The van der Waals surface area contributed by atoms with Gasteiger partial charge in [0.15, 0.2) is 0 Å². The van der Waals surface area contributed by atoms with E-state index in [0.717, 1.165) is 12.8 Å². The lowest BCUT2D eigenvalue weighted by molar-refractivity contribution is 0.272. The van der Waals surface area contributed by atoms with Gasteiger partial charge in [0, 0.05) is 33.3 Å². The van der Waals surface area contributed by atoms with E-state index in [2.05, 4.69) is 6.92 Å². The highest BCUT2D eigenvalue weighted by Crippen LogP contribution is 2.22. The SMILES string of the molecule is CCC1CCN(S(=O)(=O)N(C)CCCO)C1. The molecule has 0 amide bonds. The van der Waals surface area contributed by atoms with Crippen LogP contribution in [0.1, 0.15) is 26.2 Å². The summed E-state index contributed by atoms with van der Waals surface area (Å²) in [5, 5.41) is 8.69. The monoisotopic (exact) mass is 250 g/mol. The van der Waals surface area contributed by atoms with Crippen LogP contribution in [0.25, 0.3) is 0 Å². The second-order valence-electron chi connectivity index (χ2n) is 4.33. The van der Waals surface area contributed by atoms with Gasteiger partial charge in [-0.3, -0.25) is 0 Å². The molecule has 0 aromatic rings. The third-order valence-electron chi connectivity index (χ3n) is 3.18. The maximum atomic E-state index is 12.1. The third-order valence-corrected chi connectivity index (χ3v) is 5.13. The highest BCUT2D eigenvalue weighted by Gasteiger charge is 2.32. The van der Waals surface area contributed by atoms with Crippen LogP contribution in [-0.2, 0) is 10.2 Å². The minimum absolute atomic E-state index is 0.0252. The van der Waals surface area contributed by atoms with Gasteiger partial charge in [-0.05, 0) is 18.8 Å². The van der Waals surface area contributed by atoms with Crippen molar-refractivity contribution >= 4 is 10.2 Å². The maximum absolute atomic E-state index is 12.1. The van der Waals surface area contributed by atoms with E-state index in [1.807, 2.05) is 0 Å². The normalized spacial score (nSPS) is 23.1. The summed E-state index contributed by atoms with van der Waals surface area (Å²) in [6, 6.07) is 0. The summed E-state index contributed by atoms with van der Waals surface area (Å²) in [6.45, 7) is 3.77. The van der Waals surface area contributed by atoms with Gasteiger partial charge in [0.2, 0.25) is 0 Å². The van der Waals surface area contributed by atoms with Crippen molar-refractivity contribution in [1.29, 1.82) is 0 Å². The average molecular weight is 250 g/mol. The van der Waals surface area contributed by atoms with Crippen LogP contribution >= 0.6 is 0 Å². The summed E-state index contributed by atoms with van der Waals surface area (Å²) in [4.78, 5) is 0. The highest BCUT2D eigenvalue weighted by atomic mass is 32.2. The molecule has 1 fully saturated rings. The topological polar surface area (TPSA) is 60.9 Å². The fraction of sp³-hybridized carbons (Fsp3) is 1.00. The zero-order chi connectivity index (χ0) is 12.2. The molecule has 0 radical (unpaired) electrons. The molecule has 1 aliphatic heterocycles. The molecule has 0 aromatic heterocycles. The van der Waals surface area contributed by atoms with E-state index in [-0.39, 0.29) is 6.61 Å². The van der Waals surface area contributed by atoms with E-state index < -0.39 is 10.2 Å². The van der Waals surface area contributed by atoms with Gasteiger partial charge in [0.05, 0.1) is 0 Å². The Morgan fingerprint density at radius 2 is 2.19 bits per heavy atom. The summed E-state index contributed by atoms with van der Waals surface area (Å²) in [6.07, 6.45) is 2.48. The summed E-state index contributed by atoms with van der Waals surface area (Å²) in [5.74, 6) is 0.501. The first kappa shape index (κ1) is 13.9. The van der Waals surface area contributed by atoms with E-state index in [4.69, 9.17) is 5.11 Å². The van der Waals surface area contributed by atoms with Crippen molar-refractivity contribution in [3.63, 3.8) is 0 Å². The van der Waals surface area contributed by atoms with E-state index in [0.29, 0.717) is 32.0 Å². The molecule has 96 valence electrons. The minimum Gasteiger partial charge on any atom is -0.396 e. The predicted octanol–water partition coefficient (Wildman–Crippen LogP) is 0.277. The fourth-order valence-corrected chi connectivity index (χ4v) is 3.44. The van der Waals surface area contributed by atoms with Crippen LogP contribution in [0, 0.1) is 5.92 Å². The Morgan fingerprint density at radius 3 is 2.69 bits per heavy atom. The molecular weight excluding hydrogens is 228 g/mol. The van der Waals surface area contributed by atoms with Crippen LogP contribution in [-0.4, -0.2) is 55.4 Å². The third kappa shape index (κ3) is 3.16. The molecule has 1 unspecified atom stereocenters. The van der Waals surface area contributed by atoms with E-state index in [1.165, 1.54) is 4.31 Å². The van der Waals surface area contributed by atoms with Gasteiger partial charge in [-0.25, -0.2) is 0 Å². The lowest BCUT2D eigenvalue weighted by Gasteiger charge is -2.23. The van der Waals surface area contributed by atoms with Crippen LogP contribution < -0.4 is 0 Å². The molecule has 1 atom stereocenters. The molecule has 0 aliphatic carbocycles. The summed E-state index contributed by atoms with van der Waals surface area (Å²) >= 11 is 0. The van der Waals surface area contributed by atoms with Crippen LogP contribution in [0.5, 0.6) is 0 Å². The summed E-state index contributed by atoms with van der Waals surface area (Å²) in [5.41, 5.74) is 0. The van der Waals surface area contributed by atoms with Gasteiger partial charge < -0.3 is 5.11 Å². The molecule has 16 heavy (non-hydrogen) atoms. The smallest absolute Gasteiger partial charge is 0.281 e. The van der Waals surface area contributed by atoms with Crippen molar-refractivity contribution in [3.8, 4) is 0 Å². The molecule has 0 spiro atoms. The van der Waals surface area contributed by atoms with Crippen molar-refractivity contribution < 1.29 is 13.5 Å². The largest absolute Gasteiger partial charge is 0.396 e. The second-order valence-corrected chi connectivity index (χ2v) is 6.36. The van der Waals surface area contributed by atoms with Crippen molar-refractivity contribution in [3.05, 3.63) is 0 Å². The van der Waals surface area contributed by atoms with Crippen molar-refractivity contribution in [2.75, 3.05) is 33.3 Å². The first-order valence-electron chi connectivity index (χ1n) is 5.84. The van der Waals surface area contributed by atoms with Gasteiger partial charge in [-0.15, -0.1) is 0 Å². The Hall–Kier alpha value is -0.170. The van der Waals surface area contributed by atoms with Gasteiger partial charge in [-0.2, -0.15) is 17.0 Å². The number of hydrogen-bond acceptors (Lipinski definition) is 3. The van der Waals surface area contributed by atoms with Crippen LogP contribution in [0.15, 0.2) is 0 Å². The summed E-state index contributed by atoms with van der Waals surface area (Å²) < 4.78 is 27.0. The molecule has 0 bridgehead atoms. The number of nitrogens with zero attached hydrogens (tertiary/aromatic N) is 2. The molecule has 1 N–H and O–H groups in total. The quantitative estimate of drug-likeness (QED) is 0.736. The number of hydrogen-bond donors (Lipinski definition) is 1. The predicted molar refractivity (Wildman–Crippen MR) is 63.2 cm³/mol. The number of rotatable bonds is 6. The first-order valence-corrected chi connectivity index (χ1v) is 7.24. The zero-order valence-corrected chi connectivity index (χ0v) is 10.9. The van der Waals surface area contributed by atoms with Crippen molar-refractivity contribution in [2.45, 2.75) is 26.2 Å². The first-order chi connectivity index (χ1) is 7.52. The Balaban J connectivity index is 2.57. The molecule has 1 heterocycles. The van der Waals surface area contributed by atoms with E-state index in [1.54, 1.807) is 11.4 Å². The van der Waals surface area contributed by atoms with Crippen molar-refractivity contribution in [1.82, 2.24) is 8.61 Å². The van der Waals surface area contributed by atoms with Crippen LogP contribution in [0.4, 0.5) is 0 Å². The number of aliphatic hydroxyl groups excluding tert-OH is 1. The van der Waals surface area contributed by atoms with Gasteiger partial charge in [-0.1, -0.05) is 13.3 Å². The molecular formula is C10H22N2O3S. The highest BCUT2D eigenvalue weighted by molar-refractivity contribution is 7.86.